The Bertz CT molecular complexity index is 715. The van der Waals surface area contributed by atoms with Crippen LogP contribution in [0.15, 0.2) is 69.6 Å². The van der Waals surface area contributed by atoms with Crippen LogP contribution in [0.25, 0.3) is 0 Å². The van der Waals surface area contributed by atoms with Crippen molar-refractivity contribution in [1.82, 2.24) is 0 Å². The molecule has 0 radical (unpaired) electrons. The van der Waals surface area contributed by atoms with Gasteiger partial charge in [-0.3, -0.25) is 9.59 Å². The number of halogens is 2. The van der Waals surface area contributed by atoms with Crippen molar-refractivity contribution in [3.05, 3.63) is 80.8 Å². The Labute approximate surface area is 168 Å². The molecule has 2 N–H and O–H groups in total. The maximum Gasteiger partial charge on any atom is 0.311 e. The van der Waals surface area contributed by atoms with Gasteiger partial charge in [0.15, 0.2) is 0 Å². The van der Waals surface area contributed by atoms with E-state index in [0.717, 1.165) is 8.95 Å². The van der Waals surface area contributed by atoms with E-state index in [9.17, 15) is 19.8 Å². The third kappa shape index (κ3) is 5.81. The molecule has 2 unspecified atom stereocenters. The minimum Gasteiger partial charge on any atom is -0.481 e. The summed E-state index contributed by atoms with van der Waals surface area (Å²) in [5.74, 6) is -3.12. The molecule has 0 saturated heterocycles. The highest BCUT2D eigenvalue weighted by molar-refractivity contribution is 9.10. The molecule has 2 atom stereocenters. The molecule has 2 aromatic carbocycles. The van der Waals surface area contributed by atoms with Crippen LogP contribution in [-0.2, 0) is 9.59 Å². The molecule has 0 aromatic heterocycles. The molecule has 2 aromatic rings. The van der Waals surface area contributed by atoms with E-state index in [0.29, 0.717) is 24.0 Å². The second-order valence-electron chi connectivity index (χ2n) is 5.83. The number of hydrogen-bond acceptors (Lipinski definition) is 2. The monoisotopic (exact) mass is 480 g/mol. The molecule has 0 aliphatic carbocycles. The van der Waals surface area contributed by atoms with E-state index in [1.54, 1.807) is 36.4 Å². The lowest BCUT2D eigenvalue weighted by Crippen LogP contribution is -2.11. The number of rotatable bonds is 8. The quantitative estimate of drug-likeness (QED) is 0.482. The number of carboxylic acid groups (broad SMARTS) is 2. The Morgan fingerprint density at radius 3 is 1.31 bits per heavy atom. The lowest BCUT2D eigenvalue weighted by atomic mass is 9.93. The van der Waals surface area contributed by atoms with Crippen molar-refractivity contribution in [3.8, 4) is 0 Å². The van der Waals surface area contributed by atoms with Crippen LogP contribution in [0.3, 0.4) is 0 Å². The summed E-state index contributed by atoms with van der Waals surface area (Å²) in [4.78, 5) is 23.1. The van der Waals surface area contributed by atoms with Gasteiger partial charge in [0.2, 0.25) is 0 Å². The van der Waals surface area contributed by atoms with Crippen LogP contribution in [0.1, 0.15) is 35.8 Å². The molecule has 0 bridgehead atoms. The molecule has 26 heavy (non-hydrogen) atoms. The molecular formula is C20H18Br2O4. The first kappa shape index (κ1) is 20.4. The summed E-state index contributed by atoms with van der Waals surface area (Å²) in [5.41, 5.74) is 1.43. The number of benzene rings is 2. The second kappa shape index (κ2) is 9.69. The van der Waals surface area contributed by atoms with Crippen LogP contribution < -0.4 is 0 Å². The molecule has 2 rings (SSSR count). The van der Waals surface area contributed by atoms with E-state index < -0.39 is 23.8 Å². The Hall–Kier alpha value is -1.92. The van der Waals surface area contributed by atoms with Gasteiger partial charge in [0, 0.05) is 8.95 Å². The van der Waals surface area contributed by atoms with Gasteiger partial charge in [0.1, 0.15) is 0 Å². The van der Waals surface area contributed by atoms with Gasteiger partial charge in [-0.05, 0) is 48.2 Å². The van der Waals surface area contributed by atoms with Crippen molar-refractivity contribution < 1.29 is 19.8 Å². The van der Waals surface area contributed by atoms with Crippen molar-refractivity contribution in [1.29, 1.82) is 0 Å². The van der Waals surface area contributed by atoms with Crippen LogP contribution in [0.2, 0.25) is 0 Å². The molecular weight excluding hydrogens is 464 g/mol. The van der Waals surface area contributed by atoms with Crippen molar-refractivity contribution in [2.24, 2.45) is 0 Å². The Kier molecular flexibility index (Phi) is 7.60. The summed E-state index contributed by atoms with van der Waals surface area (Å²) in [6.45, 7) is 0. The van der Waals surface area contributed by atoms with E-state index in [1.165, 1.54) is 0 Å². The Morgan fingerprint density at radius 2 is 1.04 bits per heavy atom. The molecule has 0 spiro atoms. The molecule has 4 nitrogen and oxygen atoms in total. The number of carboxylic acids is 2. The Morgan fingerprint density at radius 1 is 0.731 bits per heavy atom. The van der Waals surface area contributed by atoms with E-state index in [4.69, 9.17) is 0 Å². The first-order chi connectivity index (χ1) is 12.4. The van der Waals surface area contributed by atoms with E-state index >= 15 is 0 Å². The fourth-order valence-corrected chi connectivity index (χ4v) is 3.14. The zero-order chi connectivity index (χ0) is 19.1. The standard InChI is InChI=1S/C20H18Br2O4/c21-15-9-5-13(6-10-15)17(19(23)24)3-1-2-4-18(20(25)26)14-7-11-16(22)12-8-14/h1-2,5-12,17-18H,3-4H2,(H,23,24)(H,25,26)/b2-1+. The predicted octanol–water partition coefficient (Wildman–Crippen LogP) is 5.58. The average Bonchev–Trinajstić information content (AvgIpc) is 2.60. The fraction of sp³-hybridized carbons (Fsp3) is 0.200. The Balaban J connectivity index is 2.04. The van der Waals surface area contributed by atoms with Gasteiger partial charge in [-0.2, -0.15) is 0 Å². The van der Waals surface area contributed by atoms with Crippen molar-refractivity contribution in [3.63, 3.8) is 0 Å². The number of allylic oxidation sites excluding steroid dienone is 2. The smallest absolute Gasteiger partial charge is 0.311 e. The molecule has 0 fully saturated rings. The van der Waals surface area contributed by atoms with Gasteiger partial charge < -0.3 is 10.2 Å². The van der Waals surface area contributed by atoms with E-state index in [-0.39, 0.29) is 0 Å². The average molecular weight is 482 g/mol. The minimum atomic E-state index is -0.903. The third-order valence-electron chi connectivity index (χ3n) is 4.05. The van der Waals surface area contributed by atoms with Gasteiger partial charge >= 0.3 is 11.9 Å². The number of hydrogen-bond donors (Lipinski definition) is 2. The van der Waals surface area contributed by atoms with E-state index in [2.05, 4.69) is 31.9 Å². The van der Waals surface area contributed by atoms with Crippen molar-refractivity contribution in [2.75, 3.05) is 0 Å². The lowest BCUT2D eigenvalue weighted by Gasteiger charge is -2.12. The summed E-state index contributed by atoms with van der Waals surface area (Å²) < 4.78 is 1.78. The molecule has 136 valence electrons. The highest BCUT2D eigenvalue weighted by atomic mass is 79.9. The van der Waals surface area contributed by atoms with Crippen LogP contribution in [0.5, 0.6) is 0 Å². The van der Waals surface area contributed by atoms with Crippen molar-refractivity contribution >= 4 is 43.8 Å². The third-order valence-corrected chi connectivity index (χ3v) is 5.11. The molecule has 6 heteroatoms. The van der Waals surface area contributed by atoms with Gasteiger partial charge in [-0.1, -0.05) is 68.3 Å². The lowest BCUT2D eigenvalue weighted by molar-refractivity contribution is -0.139. The highest BCUT2D eigenvalue weighted by Crippen LogP contribution is 2.25. The first-order valence-electron chi connectivity index (χ1n) is 8.00. The summed E-state index contributed by atoms with van der Waals surface area (Å²) in [5, 5.41) is 18.9. The topological polar surface area (TPSA) is 74.6 Å². The predicted molar refractivity (Wildman–Crippen MR) is 107 cm³/mol. The van der Waals surface area contributed by atoms with Gasteiger partial charge in [0.05, 0.1) is 11.8 Å². The largest absolute Gasteiger partial charge is 0.481 e. The summed E-state index contributed by atoms with van der Waals surface area (Å²) in [6.07, 6.45) is 4.11. The van der Waals surface area contributed by atoms with E-state index in [1.807, 2.05) is 24.3 Å². The van der Waals surface area contributed by atoms with Crippen LogP contribution in [0, 0.1) is 0 Å². The molecule has 0 saturated carbocycles. The second-order valence-corrected chi connectivity index (χ2v) is 7.66. The summed E-state index contributed by atoms with van der Waals surface area (Å²) in [6, 6.07) is 14.3. The zero-order valence-corrected chi connectivity index (χ0v) is 17.0. The van der Waals surface area contributed by atoms with Crippen molar-refractivity contribution in [2.45, 2.75) is 24.7 Å². The number of aliphatic carboxylic acids is 2. The fourth-order valence-electron chi connectivity index (χ4n) is 2.61. The zero-order valence-electron chi connectivity index (χ0n) is 13.8. The molecule has 0 amide bonds. The van der Waals surface area contributed by atoms with Crippen LogP contribution in [0.4, 0.5) is 0 Å². The highest BCUT2D eigenvalue weighted by Gasteiger charge is 2.20. The maximum absolute atomic E-state index is 11.5. The number of carbonyl (C=O) groups is 2. The molecule has 0 heterocycles. The van der Waals surface area contributed by atoms with Crippen LogP contribution >= 0.6 is 31.9 Å². The SMILES string of the molecule is O=C(O)C(C/C=C/CC(C(=O)O)c1ccc(Br)cc1)c1ccc(Br)cc1. The first-order valence-corrected chi connectivity index (χ1v) is 9.58. The van der Waals surface area contributed by atoms with Crippen LogP contribution in [-0.4, -0.2) is 22.2 Å². The van der Waals surface area contributed by atoms with Gasteiger partial charge in [-0.15, -0.1) is 0 Å². The summed E-state index contributed by atoms with van der Waals surface area (Å²) >= 11 is 6.66. The van der Waals surface area contributed by atoms with Gasteiger partial charge in [0.25, 0.3) is 0 Å². The molecule has 0 aliphatic heterocycles. The minimum absolute atomic E-state index is 0.309. The van der Waals surface area contributed by atoms with Gasteiger partial charge in [-0.25, -0.2) is 0 Å². The molecule has 0 aliphatic rings. The summed E-state index contributed by atoms with van der Waals surface area (Å²) in [7, 11) is 0. The maximum atomic E-state index is 11.5. The normalized spacial score (nSPS) is 13.5.